The zero-order valence-corrected chi connectivity index (χ0v) is 13.0. The minimum Gasteiger partial charge on any atom is -0.492 e. The van der Waals surface area contributed by atoms with Crippen molar-refractivity contribution in [3.63, 3.8) is 0 Å². The van der Waals surface area contributed by atoms with E-state index in [2.05, 4.69) is 11.1 Å². The maximum Gasteiger partial charge on any atom is 0.137 e. The Hall–Kier alpha value is -1.04. The molecule has 0 saturated heterocycles. The van der Waals surface area contributed by atoms with Crippen molar-refractivity contribution in [2.75, 3.05) is 12.4 Å². The van der Waals surface area contributed by atoms with Crippen molar-refractivity contribution >= 4 is 23.1 Å². The van der Waals surface area contributed by atoms with Gasteiger partial charge >= 0.3 is 0 Å². The summed E-state index contributed by atoms with van der Waals surface area (Å²) in [5.74, 6) is 2.96. The molecule has 0 fully saturated rings. The number of aliphatic hydroxyl groups excluding tert-OH is 1. The number of thioether (sulfide) groups is 1. The molecule has 0 saturated carbocycles. The van der Waals surface area contributed by atoms with Gasteiger partial charge in [0.15, 0.2) is 0 Å². The summed E-state index contributed by atoms with van der Waals surface area (Å²) in [6.07, 6.45) is 3.90. The smallest absolute Gasteiger partial charge is 0.137 e. The quantitative estimate of drug-likeness (QED) is 0.940. The van der Waals surface area contributed by atoms with Gasteiger partial charge < -0.3 is 9.84 Å². The number of nitrogens with zero attached hydrogens (tertiary/aromatic N) is 1. The van der Waals surface area contributed by atoms with E-state index in [0.29, 0.717) is 12.4 Å². The normalized spacial score (nSPS) is 15.7. The van der Waals surface area contributed by atoms with Gasteiger partial charge in [-0.2, -0.15) is 11.8 Å². The van der Waals surface area contributed by atoms with Crippen molar-refractivity contribution in [1.82, 2.24) is 4.98 Å². The summed E-state index contributed by atoms with van der Waals surface area (Å²) in [6, 6.07) is 4.01. The van der Waals surface area contributed by atoms with Gasteiger partial charge in [0.2, 0.25) is 0 Å². The molecule has 3 rings (SSSR count). The van der Waals surface area contributed by atoms with Crippen LogP contribution in [0.3, 0.4) is 0 Å². The summed E-state index contributed by atoms with van der Waals surface area (Å²) in [5, 5.41) is 10.5. The Morgan fingerprint density at radius 1 is 1.40 bits per heavy atom. The van der Waals surface area contributed by atoms with Gasteiger partial charge in [0, 0.05) is 27.3 Å². The second-order valence-electron chi connectivity index (χ2n) is 4.69. The van der Waals surface area contributed by atoms with Gasteiger partial charge in [0.1, 0.15) is 11.9 Å². The van der Waals surface area contributed by atoms with Crippen LogP contribution < -0.4 is 4.74 Å². The van der Waals surface area contributed by atoms with Crippen molar-refractivity contribution < 1.29 is 9.84 Å². The number of hydrogen-bond donors (Lipinski definition) is 1. The van der Waals surface area contributed by atoms with Crippen molar-refractivity contribution in [3.05, 3.63) is 45.4 Å². The molecule has 0 radical (unpaired) electrons. The highest BCUT2D eigenvalue weighted by atomic mass is 32.2. The molecular weight excluding hydrogens is 290 g/mol. The monoisotopic (exact) mass is 307 g/mol. The first kappa shape index (κ1) is 13.9. The van der Waals surface area contributed by atoms with E-state index < -0.39 is 6.10 Å². The van der Waals surface area contributed by atoms with Gasteiger partial charge in [0.05, 0.1) is 12.8 Å². The second kappa shape index (κ2) is 6.16. The Labute approximate surface area is 127 Å². The summed E-state index contributed by atoms with van der Waals surface area (Å²) < 4.78 is 5.44. The van der Waals surface area contributed by atoms with E-state index in [4.69, 9.17) is 4.74 Å². The topological polar surface area (TPSA) is 42.4 Å². The lowest BCUT2D eigenvalue weighted by molar-refractivity contribution is 0.222. The van der Waals surface area contributed by atoms with E-state index in [1.807, 2.05) is 24.8 Å². The maximum absolute atomic E-state index is 10.5. The summed E-state index contributed by atoms with van der Waals surface area (Å²) >= 11 is 3.69. The van der Waals surface area contributed by atoms with Crippen LogP contribution in [-0.2, 0) is 12.2 Å². The third kappa shape index (κ3) is 2.85. The molecule has 2 aromatic heterocycles. The molecular formula is C15H17NO2S2. The molecule has 0 aromatic carbocycles. The molecule has 0 bridgehead atoms. The van der Waals surface area contributed by atoms with E-state index in [1.54, 1.807) is 23.7 Å². The molecule has 1 aliphatic heterocycles. The van der Waals surface area contributed by atoms with E-state index in [-0.39, 0.29) is 0 Å². The highest BCUT2D eigenvalue weighted by Gasteiger charge is 2.19. The Morgan fingerprint density at radius 2 is 2.30 bits per heavy atom. The minimum absolute atomic E-state index is 0.603. The lowest BCUT2D eigenvalue weighted by Crippen LogP contribution is -2.00. The van der Waals surface area contributed by atoms with Gasteiger partial charge in [-0.25, -0.2) is 0 Å². The lowest BCUT2D eigenvalue weighted by Gasteiger charge is -2.10. The summed E-state index contributed by atoms with van der Waals surface area (Å²) in [6.45, 7) is 2.54. The Morgan fingerprint density at radius 3 is 3.10 bits per heavy atom. The van der Waals surface area contributed by atoms with Crippen LogP contribution >= 0.6 is 23.1 Å². The van der Waals surface area contributed by atoms with Crippen LogP contribution in [0.25, 0.3) is 0 Å². The van der Waals surface area contributed by atoms with Crippen LogP contribution in [0.5, 0.6) is 5.75 Å². The number of hydrogen-bond acceptors (Lipinski definition) is 5. The Kier molecular flexibility index (Phi) is 4.29. The standard InChI is InChI=1S/C15H17NO2S2/c1-2-18-12-5-10(7-16-8-12)15(17)14-6-11-9-19-4-3-13(11)20-14/h5-8,15,17H,2-4,9H2,1H3. The lowest BCUT2D eigenvalue weighted by atomic mass is 10.1. The largest absolute Gasteiger partial charge is 0.492 e. The van der Waals surface area contributed by atoms with Crippen LogP contribution in [0.1, 0.15) is 33.9 Å². The van der Waals surface area contributed by atoms with Gasteiger partial charge in [-0.3, -0.25) is 4.98 Å². The molecule has 3 heterocycles. The number of aryl methyl sites for hydroxylation is 1. The molecule has 0 amide bonds. The highest BCUT2D eigenvalue weighted by Crippen LogP contribution is 2.36. The zero-order valence-electron chi connectivity index (χ0n) is 11.3. The van der Waals surface area contributed by atoms with E-state index in [1.165, 1.54) is 16.2 Å². The SMILES string of the molecule is CCOc1cncc(C(O)c2cc3c(s2)CCSC3)c1. The molecule has 3 nitrogen and oxygen atoms in total. The van der Waals surface area contributed by atoms with E-state index in [9.17, 15) is 5.11 Å². The van der Waals surface area contributed by atoms with Crippen molar-refractivity contribution in [2.24, 2.45) is 0 Å². The zero-order chi connectivity index (χ0) is 13.9. The predicted octanol–water partition coefficient (Wildman–Crippen LogP) is 3.41. The summed E-state index contributed by atoms with van der Waals surface area (Å²) in [5.41, 5.74) is 2.18. The Bertz CT molecular complexity index is 574. The van der Waals surface area contributed by atoms with Gasteiger partial charge in [-0.1, -0.05) is 0 Å². The molecule has 1 N–H and O–H groups in total. The molecule has 2 aromatic rings. The maximum atomic E-state index is 10.5. The van der Waals surface area contributed by atoms with Crippen LogP contribution in [0.4, 0.5) is 0 Å². The summed E-state index contributed by atoms with van der Waals surface area (Å²) in [7, 11) is 0. The average Bonchev–Trinajstić information content (AvgIpc) is 2.91. The van der Waals surface area contributed by atoms with Crippen LogP contribution in [0, 0.1) is 0 Å². The summed E-state index contributed by atoms with van der Waals surface area (Å²) in [4.78, 5) is 6.58. The number of ether oxygens (including phenoxy) is 1. The number of fused-ring (bicyclic) bond motifs is 1. The first-order valence-corrected chi connectivity index (χ1v) is 8.70. The minimum atomic E-state index is -0.608. The van der Waals surface area contributed by atoms with Crippen LogP contribution in [0.2, 0.25) is 0 Å². The predicted molar refractivity (Wildman–Crippen MR) is 83.7 cm³/mol. The first-order chi connectivity index (χ1) is 9.78. The van der Waals surface area contributed by atoms with Crippen LogP contribution in [-0.4, -0.2) is 22.5 Å². The van der Waals surface area contributed by atoms with E-state index in [0.717, 1.165) is 22.6 Å². The number of pyridine rings is 1. The number of aromatic nitrogens is 1. The van der Waals surface area contributed by atoms with Crippen molar-refractivity contribution in [1.29, 1.82) is 0 Å². The first-order valence-electron chi connectivity index (χ1n) is 6.73. The van der Waals surface area contributed by atoms with Gasteiger partial charge in [-0.15, -0.1) is 11.3 Å². The molecule has 0 aliphatic carbocycles. The fourth-order valence-corrected chi connectivity index (χ4v) is 4.69. The number of rotatable bonds is 4. The molecule has 106 valence electrons. The third-order valence-corrected chi connectivity index (χ3v) is 5.57. The third-order valence-electron chi connectivity index (χ3n) is 3.28. The molecule has 1 unspecified atom stereocenters. The van der Waals surface area contributed by atoms with Crippen molar-refractivity contribution in [3.8, 4) is 5.75 Å². The molecule has 1 aliphatic rings. The molecule has 1 atom stereocenters. The van der Waals surface area contributed by atoms with E-state index >= 15 is 0 Å². The average molecular weight is 307 g/mol. The molecule has 5 heteroatoms. The second-order valence-corrected chi connectivity index (χ2v) is 6.96. The van der Waals surface area contributed by atoms with Crippen LogP contribution in [0.15, 0.2) is 24.5 Å². The highest BCUT2D eigenvalue weighted by molar-refractivity contribution is 7.98. The fraction of sp³-hybridized carbons (Fsp3) is 0.400. The molecule has 20 heavy (non-hydrogen) atoms. The fourth-order valence-electron chi connectivity index (χ4n) is 2.30. The number of thiophene rings is 1. The molecule has 0 spiro atoms. The Balaban J connectivity index is 1.86. The van der Waals surface area contributed by atoms with Crippen molar-refractivity contribution in [2.45, 2.75) is 25.2 Å². The number of aliphatic hydroxyl groups is 1. The van der Waals surface area contributed by atoms with Gasteiger partial charge in [-0.05, 0) is 36.8 Å². The van der Waals surface area contributed by atoms with Gasteiger partial charge in [0.25, 0.3) is 0 Å².